The molecule has 0 bridgehead atoms. The Morgan fingerprint density at radius 1 is 1.43 bits per heavy atom. The van der Waals surface area contributed by atoms with Crippen LogP contribution in [0.5, 0.6) is 0 Å². The summed E-state index contributed by atoms with van der Waals surface area (Å²) in [5, 5.41) is 3.21. The summed E-state index contributed by atoms with van der Waals surface area (Å²) < 4.78 is 5.54. The fourth-order valence-electron chi connectivity index (χ4n) is 2.02. The number of hydrogen-bond donors (Lipinski definition) is 2. The molecule has 0 fully saturated rings. The number of nitrogens with two attached hydrogens (primary N) is 1. The highest BCUT2D eigenvalue weighted by Crippen LogP contribution is 2.23. The van der Waals surface area contributed by atoms with Crippen LogP contribution in [0, 0.1) is 6.92 Å². The molecule has 2 aromatic heterocycles. The number of fused-ring (bicyclic) bond motifs is 1. The minimum Gasteiger partial charge on any atom is -0.441 e. The van der Waals surface area contributed by atoms with E-state index in [9.17, 15) is 4.79 Å². The first kappa shape index (κ1) is 13.6. The minimum absolute atomic E-state index is 0.222. The molecule has 0 saturated carbocycles. The summed E-state index contributed by atoms with van der Waals surface area (Å²) in [5.74, 6) is 0.458. The van der Waals surface area contributed by atoms with Crippen molar-refractivity contribution in [3.63, 3.8) is 0 Å². The van der Waals surface area contributed by atoms with E-state index < -0.39 is 0 Å². The predicted octanol–water partition coefficient (Wildman–Crippen LogP) is 2.99. The maximum absolute atomic E-state index is 12.2. The molecule has 108 valence electrons. The molecule has 1 aromatic carbocycles. The number of carbonyl (C=O) groups is 1. The van der Waals surface area contributed by atoms with Crippen LogP contribution in [0.2, 0.25) is 0 Å². The number of aryl methyl sites for hydroxylation is 2. The van der Waals surface area contributed by atoms with Gasteiger partial charge in [0.15, 0.2) is 16.6 Å². The zero-order chi connectivity index (χ0) is 15.0. The van der Waals surface area contributed by atoms with Gasteiger partial charge in [0.25, 0.3) is 5.91 Å². The molecule has 7 heteroatoms. The highest BCUT2D eigenvalue weighted by Gasteiger charge is 2.15. The second-order valence-electron chi connectivity index (χ2n) is 4.56. The van der Waals surface area contributed by atoms with Gasteiger partial charge in [0.1, 0.15) is 10.4 Å². The fourth-order valence-corrected chi connectivity index (χ4v) is 2.75. The molecule has 1 amide bonds. The van der Waals surface area contributed by atoms with Crippen molar-refractivity contribution in [1.29, 1.82) is 0 Å². The van der Waals surface area contributed by atoms with Gasteiger partial charge in [-0.2, -0.15) is 0 Å². The van der Waals surface area contributed by atoms with Crippen molar-refractivity contribution in [2.24, 2.45) is 0 Å². The van der Waals surface area contributed by atoms with Gasteiger partial charge < -0.3 is 15.5 Å². The Bertz CT molecular complexity index is 822. The van der Waals surface area contributed by atoms with Gasteiger partial charge in [0, 0.05) is 12.1 Å². The molecule has 0 atom stereocenters. The third-order valence-electron chi connectivity index (χ3n) is 3.01. The van der Waals surface area contributed by atoms with Gasteiger partial charge >= 0.3 is 0 Å². The monoisotopic (exact) mass is 302 g/mol. The van der Waals surface area contributed by atoms with E-state index in [2.05, 4.69) is 15.3 Å². The van der Waals surface area contributed by atoms with Crippen molar-refractivity contribution in [3.05, 3.63) is 34.7 Å². The van der Waals surface area contributed by atoms with E-state index in [-0.39, 0.29) is 5.91 Å². The third kappa shape index (κ3) is 2.59. The maximum atomic E-state index is 12.2. The molecule has 0 aliphatic carbocycles. The number of nitrogens with zero attached hydrogens (tertiary/aromatic N) is 2. The summed E-state index contributed by atoms with van der Waals surface area (Å²) in [6.45, 7) is 3.74. The van der Waals surface area contributed by atoms with Crippen LogP contribution in [0.4, 0.5) is 10.8 Å². The molecule has 3 rings (SSSR count). The Kier molecular flexibility index (Phi) is 3.34. The number of hydrogen-bond acceptors (Lipinski definition) is 6. The Morgan fingerprint density at radius 3 is 2.90 bits per heavy atom. The zero-order valence-electron chi connectivity index (χ0n) is 11.6. The number of benzene rings is 1. The minimum atomic E-state index is -0.222. The van der Waals surface area contributed by atoms with Crippen LogP contribution in [0.15, 0.2) is 22.6 Å². The average Bonchev–Trinajstić information content (AvgIpc) is 3.00. The van der Waals surface area contributed by atoms with Gasteiger partial charge in [0.2, 0.25) is 0 Å². The van der Waals surface area contributed by atoms with E-state index in [1.807, 2.05) is 6.92 Å². The van der Waals surface area contributed by atoms with E-state index >= 15 is 0 Å². The summed E-state index contributed by atoms with van der Waals surface area (Å²) in [5.41, 5.74) is 8.34. The van der Waals surface area contributed by atoms with Crippen LogP contribution in [0.1, 0.15) is 28.2 Å². The molecular formula is C14H14N4O2S. The van der Waals surface area contributed by atoms with E-state index in [0.717, 1.165) is 11.9 Å². The Morgan fingerprint density at radius 2 is 2.24 bits per heavy atom. The molecule has 6 nitrogen and oxygen atoms in total. The van der Waals surface area contributed by atoms with Gasteiger partial charge in [-0.1, -0.05) is 18.3 Å². The van der Waals surface area contributed by atoms with Crippen molar-refractivity contribution in [2.45, 2.75) is 20.3 Å². The average molecular weight is 302 g/mol. The Balaban J connectivity index is 1.87. The number of aromatic nitrogens is 2. The van der Waals surface area contributed by atoms with E-state index in [1.165, 1.54) is 11.3 Å². The van der Waals surface area contributed by atoms with Crippen LogP contribution in [0.25, 0.3) is 11.1 Å². The quantitative estimate of drug-likeness (QED) is 0.775. The number of anilines is 2. The van der Waals surface area contributed by atoms with Crippen LogP contribution >= 0.6 is 11.3 Å². The van der Waals surface area contributed by atoms with Crippen LogP contribution in [-0.2, 0) is 6.42 Å². The first-order valence-electron chi connectivity index (χ1n) is 6.50. The Labute approximate surface area is 125 Å². The first-order valence-corrected chi connectivity index (χ1v) is 7.32. The lowest BCUT2D eigenvalue weighted by atomic mass is 10.2. The summed E-state index contributed by atoms with van der Waals surface area (Å²) in [7, 11) is 0. The largest absolute Gasteiger partial charge is 0.441 e. The highest BCUT2D eigenvalue weighted by molar-refractivity contribution is 7.17. The maximum Gasteiger partial charge on any atom is 0.267 e. The summed E-state index contributed by atoms with van der Waals surface area (Å²) in [6, 6.07) is 5.37. The number of thiazole rings is 1. The van der Waals surface area contributed by atoms with Crippen molar-refractivity contribution >= 4 is 39.2 Å². The highest BCUT2D eigenvalue weighted by atomic mass is 32.1. The van der Waals surface area contributed by atoms with Gasteiger partial charge in [-0.15, -0.1) is 0 Å². The van der Waals surface area contributed by atoms with E-state index in [4.69, 9.17) is 10.2 Å². The Hall–Kier alpha value is -2.41. The molecule has 0 radical (unpaired) electrons. The number of rotatable bonds is 3. The SMILES string of the molecule is CCc1nc2cc(NC(=O)c3sc(N)nc3C)ccc2o1. The van der Waals surface area contributed by atoms with Crippen LogP contribution in [0.3, 0.4) is 0 Å². The van der Waals surface area contributed by atoms with Crippen molar-refractivity contribution < 1.29 is 9.21 Å². The number of nitrogens with one attached hydrogen (secondary N) is 1. The van der Waals surface area contributed by atoms with Gasteiger partial charge in [-0.25, -0.2) is 9.97 Å². The number of carbonyl (C=O) groups excluding carboxylic acids is 1. The summed E-state index contributed by atoms with van der Waals surface area (Å²) >= 11 is 1.17. The van der Waals surface area contributed by atoms with Gasteiger partial charge in [-0.3, -0.25) is 4.79 Å². The molecule has 3 aromatic rings. The standard InChI is InChI=1S/C14H14N4O2S/c1-3-11-18-9-6-8(4-5-10(9)20-11)17-13(19)12-7(2)16-14(15)21-12/h4-6H,3H2,1-2H3,(H2,15,16)(H,17,19). The smallest absolute Gasteiger partial charge is 0.267 e. The number of nitrogen functional groups attached to an aromatic ring is 1. The molecule has 0 saturated heterocycles. The molecule has 2 heterocycles. The number of amides is 1. The fraction of sp³-hybridized carbons (Fsp3) is 0.214. The van der Waals surface area contributed by atoms with Crippen molar-refractivity contribution in [3.8, 4) is 0 Å². The molecule has 0 spiro atoms. The molecular weight excluding hydrogens is 288 g/mol. The molecule has 3 N–H and O–H groups in total. The molecule has 0 aliphatic heterocycles. The van der Waals surface area contributed by atoms with E-state index in [0.29, 0.717) is 32.9 Å². The second kappa shape index (κ2) is 5.17. The zero-order valence-corrected chi connectivity index (χ0v) is 12.5. The van der Waals surface area contributed by atoms with Crippen LogP contribution < -0.4 is 11.1 Å². The first-order chi connectivity index (χ1) is 10.1. The molecule has 0 aliphatic rings. The lowest BCUT2D eigenvalue weighted by Gasteiger charge is -2.03. The summed E-state index contributed by atoms with van der Waals surface area (Å²) in [6.07, 6.45) is 0.732. The van der Waals surface area contributed by atoms with Crippen molar-refractivity contribution in [2.75, 3.05) is 11.1 Å². The second-order valence-corrected chi connectivity index (χ2v) is 5.60. The van der Waals surface area contributed by atoms with Crippen molar-refractivity contribution in [1.82, 2.24) is 9.97 Å². The summed E-state index contributed by atoms with van der Waals surface area (Å²) in [4.78, 5) is 21.1. The lowest BCUT2D eigenvalue weighted by molar-refractivity contribution is 0.103. The lowest BCUT2D eigenvalue weighted by Crippen LogP contribution is -2.11. The van der Waals surface area contributed by atoms with E-state index in [1.54, 1.807) is 25.1 Å². The topological polar surface area (TPSA) is 94.0 Å². The molecule has 0 unspecified atom stereocenters. The predicted molar refractivity (Wildman–Crippen MR) is 82.6 cm³/mol. The molecule has 21 heavy (non-hydrogen) atoms. The normalized spacial score (nSPS) is 11.0. The number of oxazole rings is 1. The van der Waals surface area contributed by atoms with Gasteiger partial charge in [-0.05, 0) is 25.1 Å². The van der Waals surface area contributed by atoms with Gasteiger partial charge in [0.05, 0.1) is 5.69 Å². The van der Waals surface area contributed by atoms with Crippen LogP contribution in [-0.4, -0.2) is 15.9 Å². The third-order valence-corrected chi connectivity index (χ3v) is 4.00.